The van der Waals surface area contributed by atoms with E-state index in [0.717, 1.165) is 36.4 Å². The first-order chi connectivity index (χ1) is 20.9. The fourth-order valence-corrected chi connectivity index (χ4v) is 3.40. The average molecular weight is 718 g/mol. The molecule has 0 heterocycles. The molecule has 0 bridgehead atoms. The van der Waals surface area contributed by atoms with Gasteiger partial charge in [0.15, 0.2) is 0 Å². The Labute approximate surface area is 249 Å². The first-order valence-electron chi connectivity index (χ1n) is 11.9. The molecule has 22 heteroatoms. The summed E-state index contributed by atoms with van der Waals surface area (Å²) < 4.78 is 237. The van der Waals surface area contributed by atoms with Gasteiger partial charge in [-0.05, 0) is 55.5 Å². The van der Waals surface area contributed by atoms with Crippen molar-refractivity contribution in [2.75, 3.05) is 0 Å². The predicted molar refractivity (Wildman–Crippen MR) is 120 cm³/mol. The van der Waals surface area contributed by atoms with Gasteiger partial charge in [0.1, 0.15) is 17.6 Å². The highest BCUT2D eigenvalue weighted by Gasteiger charge is 2.95. The normalized spacial score (nSPS) is 14.9. The van der Waals surface area contributed by atoms with Crippen molar-refractivity contribution in [3.8, 4) is 11.5 Å². The first-order valence-corrected chi connectivity index (χ1v) is 11.9. The van der Waals surface area contributed by atoms with E-state index in [9.17, 15) is 89.3 Å². The molecule has 1 unspecified atom stereocenters. The molecule has 0 spiro atoms. The highest BCUT2D eigenvalue weighted by atomic mass is 19.4. The molecule has 1 N–H and O–H groups in total. The molecule has 0 saturated carbocycles. The standard InChI is InChI=1S/C25H15F17O5/c1-11(46-16(44)12-2-4-13(5-3-12)17(45)47-15-8-6-14(43)7-9-15)10-18(26,27)19(28,29)20(30,31)21(32,33)22(34,35)23(36,37)24(38,39)25(40,41)42/h2-9,11,43H,10H2,1H3. The van der Waals surface area contributed by atoms with Crippen LogP contribution in [0.3, 0.4) is 0 Å². The molecule has 0 saturated heterocycles. The minimum atomic E-state index is -8.75. The highest BCUT2D eigenvalue weighted by Crippen LogP contribution is 2.64. The van der Waals surface area contributed by atoms with Crippen LogP contribution in [0.4, 0.5) is 74.6 Å². The lowest BCUT2D eigenvalue weighted by Gasteiger charge is -2.43. The van der Waals surface area contributed by atoms with Crippen molar-refractivity contribution in [1.29, 1.82) is 0 Å². The van der Waals surface area contributed by atoms with Gasteiger partial charge in [-0.1, -0.05) is 0 Å². The zero-order chi connectivity index (χ0) is 36.8. The second kappa shape index (κ2) is 12.2. The van der Waals surface area contributed by atoms with Crippen LogP contribution in [-0.4, -0.2) is 70.8 Å². The van der Waals surface area contributed by atoms with Crippen molar-refractivity contribution in [2.45, 2.75) is 67.1 Å². The van der Waals surface area contributed by atoms with E-state index < -0.39 is 77.7 Å². The molecular formula is C25H15F17O5. The molecule has 47 heavy (non-hydrogen) atoms. The molecule has 5 nitrogen and oxygen atoms in total. The van der Waals surface area contributed by atoms with Crippen molar-refractivity contribution in [2.24, 2.45) is 0 Å². The van der Waals surface area contributed by atoms with Gasteiger partial charge < -0.3 is 14.6 Å². The van der Waals surface area contributed by atoms with E-state index >= 15 is 0 Å². The fraction of sp³-hybridized carbons (Fsp3) is 0.440. The lowest BCUT2D eigenvalue weighted by atomic mass is 9.88. The third-order valence-corrected chi connectivity index (χ3v) is 6.04. The Balaban J connectivity index is 2.24. The third kappa shape index (κ3) is 6.72. The molecule has 0 fully saturated rings. The summed E-state index contributed by atoms with van der Waals surface area (Å²) in [6.45, 7) is 0.230. The van der Waals surface area contributed by atoms with Crippen molar-refractivity contribution >= 4 is 11.9 Å². The monoisotopic (exact) mass is 718 g/mol. The molecule has 264 valence electrons. The van der Waals surface area contributed by atoms with E-state index in [1.165, 1.54) is 12.1 Å². The molecule has 1 atom stereocenters. The molecule has 0 radical (unpaired) electrons. The van der Waals surface area contributed by atoms with Crippen molar-refractivity contribution in [3.63, 3.8) is 0 Å². The van der Waals surface area contributed by atoms with Crippen LogP contribution in [0, 0.1) is 0 Å². The van der Waals surface area contributed by atoms with Crippen molar-refractivity contribution in [1.82, 2.24) is 0 Å². The van der Waals surface area contributed by atoms with Crippen LogP contribution in [0.2, 0.25) is 0 Å². The number of hydrogen-bond acceptors (Lipinski definition) is 5. The third-order valence-electron chi connectivity index (χ3n) is 6.04. The van der Waals surface area contributed by atoms with Crippen LogP contribution in [-0.2, 0) is 4.74 Å². The average Bonchev–Trinajstić information content (AvgIpc) is 2.92. The van der Waals surface area contributed by atoms with Crippen LogP contribution in [0.5, 0.6) is 11.5 Å². The summed E-state index contributed by atoms with van der Waals surface area (Å²) >= 11 is 0. The van der Waals surface area contributed by atoms with Crippen LogP contribution in [0.25, 0.3) is 0 Å². The number of phenolic OH excluding ortho intramolecular Hbond substituents is 1. The maximum absolute atomic E-state index is 14.2. The molecule has 0 aliphatic rings. The number of alkyl halides is 17. The van der Waals surface area contributed by atoms with Gasteiger partial charge in [0.05, 0.1) is 17.5 Å². The summed E-state index contributed by atoms with van der Waals surface area (Å²) in [4.78, 5) is 24.3. The molecule has 2 aromatic rings. The van der Waals surface area contributed by atoms with E-state index in [0.29, 0.717) is 0 Å². The summed E-state index contributed by atoms with van der Waals surface area (Å²) in [5, 5.41) is 9.19. The lowest BCUT2D eigenvalue weighted by Crippen LogP contribution is -2.74. The second-order valence-electron chi connectivity index (χ2n) is 9.53. The van der Waals surface area contributed by atoms with Gasteiger partial charge in [-0.25, -0.2) is 9.59 Å². The number of hydrogen-bond donors (Lipinski definition) is 1. The smallest absolute Gasteiger partial charge is 0.460 e. The number of aromatic hydroxyl groups is 1. The fourth-order valence-electron chi connectivity index (χ4n) is 3.40. The van der Waals surface area contributed by atoms with Gasteiger partial charge >= 0.3 is 59.6 Å². The molecule has 2 aromatic carbocycles. The Bertz CT molecular complexity index is 1440. The van der Waals surface area contributed by atoms with Crippen molar-refractivity contribution < 1.29 is 98.8 Å². The number of ether oxygens (including phenoxy) is 2. The van der Waals surface area contributed by atoms with Crippen LogP contribution >= 0.6 is 0 Å². The van der Waals surface area contributed by atoms with E-state index in [-0.39, 0.29) is 24.0 Å². The minimum absolute atomic E-state index is 0.0668. The SMILES string of the molecule is CC(CC(F)(F)C(F)(F)C(F)(F)C(F)(F)C(F)(F)C(F)(F)C(F)(F)C(F)(F)F)OC(=O)c1ccc(C(=O)Oc2ccc(O)cc2)cc1. The number of esters is 2. The molecule has 0 aliphatic carbocycles. The first kappa shape index (κ1) is 39.2. The number of benzene rings is 2. The number of rotatable bonds is 12. The second-order valence-corrected chi connectivity index (χ2v) is 9.53. The number of carbonyl (C=O) groups excluding carboxylic acids is 2. The van der Waals surface area contributed by atoms with Gasteiger partial charge in [-0.2, -0.15) is 74.6 Å². The van der Waals surface area contributed by atoms with Crippen molar-refractivity contribution in [3.05, 3.63) is 59.7 Å². The van der Waals surface area contributed by atoms with Gasteiger partial charge in [0.25, 0.3) is 0 Å². The Morgan fingerprint density at radius 1 is 0.574 bits per heavy atom. The zero-order valence-corrected chi connectivity index (χ0v) is 22.4. The number of carbonyl (C=O) groups is 2. The predicted octanol–water partition coefficient (Wildman–Crippen LogP) is 8.56. The molecule has 0 amide bonds. The molecular weight excluding hydrogens is 703 g/mol. The maximum Gasteiger partial charge on any atom is 0.460 e. The Kier molecular flexibility index (Phi) is 10.2. The number of phenols is 1. The van der Waals surface area contributed by atoms with E-state index in [2.05, 4.69) is 4.74 Å². The lowest BCUT2D eigenvalue weighted by molar-refractivity contribution is -0.462. The summed E-state index contributed by atoms with van der Waals surface area (Å²) in [5.74, 6) is -60.5. The summed E-state index contributed by atoms with van der Waals surface area (Å²) in [5.41, 5.74) is -0.954. The summed E-state index contributed by atoms with van der Waals surface area (Å²) in [7, 11) is 0. The van der Waals surface area contributed by atoms with Crippen LogP contribution in [0.1, 0.15) is 34.1 Å². The highest BCUT2D eigenvalue weighted by molar-refractivity contribution is 5.94. The van der Waals surface area contributed by atoms with E-state index in [1.807, 2.05) is 0 Å². The van der Waals surface area contributed by atoms with E-state index in [1.54, 1.807) is 0 Å². The molecule has 0 aliphatic heterocycles. The maximum atomic E-state index is 14.2. The molecule has 0 aromatic heterocycles. The van der Waals surface area contributed by atoms with Crippen LogP contribution in [0.15, 0.2) is 48.5 Å². The molecule has 2 rings (SSSR count). The van der Waals surface area contributed by atoms with Gasteiger partial charge in [0.2, 0.25) is 0 Å². The Morgan fingerprint density at radius 2 is 0.936 bits per heavy atom. The topological polar surface area (TPSA) is 72.8 Å². The van der Waals surface area contributed by atoms with Gasteiger partial charge in [-0.15, -0.1) is 0 Å². The summed E-state index contributed by atoms with van der Waals surface area (Å²) in [6.07, 6.45) is -13.5. The minimum Gasteiger partial charge on any atom is -0.508 e. The summed E-state index contributed by atoms with van der Waals surface area (Å²) in [6, 6.07) is 7.81. The van der Waals surface area contributed by atoms with Crippen LogP contribution < -0.4 is 4.74 Å². The number of halogens is 17. The Hall–Kier alpha value is -4.01. The Morgan fingerprint density at radius 3 is 1.34 bits per heavy atom. The zero-order valence-electron chi connectivity index (χ0n) is 22.4. The quantitative estimate of drug-likeness (QED) is 0.135. The van der Waals surface area contributed by atoms with Gasteiger partial charge in [-0.3, -0.25) is 0 Å². The van der Waals surface area contributed by atoms with Gasteiger partial charge in [0, 0.05) is 0 Å². The largest absolute Gasteiger partial charge is 0.508 e. The van der Waals surface area contributed by atoms with E-state index in [4.69, 9.17) is 4.74 Å².